The number of benzene rings is 3. The van der Waals surface area contributed by atoms with E-state index in [-0.39, 0.29) is 11.6 Å². The summed E-state index contributed by atoms with van der Waals surface area (Å²) in [5.41, 5.74) is 4.94. The SMILES string of the molecule is CC(c1ccc(NC(=C2C(=O)Nc3ccc([N+](=O)[O-])cc32)c2ccccc2)cc1)N1CCCC1. The second-order valence-corrected chi connectivity index (χ2v) is 8.72. The molecule has 1 atom stereocenters. The molecule has 1 fully saturated rings. The van der Waals surface area contributed by atoms with Crippen molar-refractivity contribution in [3.05, 3.63) is 99.6 Å². The molecule has 1 saturated heterocycles. The lowest BCUT2D eigenvalue weighted by molar-refractivity contribution is -0.384. The van der Waals surface area contributed by atoms with E-state index in [1.165, 1.54) is 30.5 Å². The summed E-state index contributed by atoms with van der Waals surface area (Å²) >= 11 is 0. The quantitative estimate of drug-likeness (QED) is 0.284. The topological polar surface area (TPSA) is 87.5 Å². The lowest BCUT2D eigenvalue weighted by atomic mass is 9.99. The third kappa shape index (κ3) is 4.18. The van der Waals surface area contributed by atoms with Gasteiger partial charge in [-0.25, -0.2) is 0 Å². The van der Waals surface area contributed by atoms with E-state index in [9.17, 15) is 14.9 Å². The van der Waals surface area contributed by atoms with Crippen LogP contribution in [0.15, 0.2) is 72.8 Å². The molecule has 1 amide bonds. The molecule has 3 aromatic carbocycles. The zero-order chi connectivity index (χ0) is 23.7. The Labute approximate surface area is 198 Å². The number of carbonyl (C=O) groups is 1. The lowest BCUT2D eigenvalue weighted by Crippen LogP contribution is -2.23. The van der Waals surface area contributed by atoms with E-state index < -0.39 is 4.92 Å². The van der Waals surface area contributed by atoms with Crippen molar-refractivity contribution in [1.29, 1.82) is 0 Å². The van der Waals surface area contributed by atoms with Crippen LogP contribution in [0.2, 0.25) is 0 Å². The van der Waals surface area contributed by atoms with Crippen molar-refractivity contribution < 1.29 is 9.72 Å². The number of hydrogen-bond acceptors (Lipinski definition) is 5. The van der Waals surface area contributed by atoms with Gasteiger partial charge in [0.1, 0.15) is 0 Å². The largest absolute Gasteiger partial charge is 0.354 e. The smallest absolute Gasteiger partial charge is 0.270 e. The van der Waals surface area contributed by atoms with E-state index in [0.717, 1.165) is 24.3 Å². The molecule has 2 heterocycles. The van der Waals surface area contributed by atoms with E-state index in [4.69, 9.17) is 0 Å². The maximum Gasteiger partial charge on any atom is 0.270 e. The van der Waals surface area contributed by atoms with E-state index in [1.807, 2.05) is 42.5 Å². The minimum absolute atomic E-state index is 0.0552. The summed E-state index contributed by atoms with van der Waals surface area (Å²) in [6.07, 6.45) is 2.50. The number of nitrogens with zero attached hydrogens (tertiary/aromatic N) is 2. The molecule has 5 rings (SSSR count). The molecule has 1 unspecified atom stereocenters. The Morgan fingerprint density at radius 3 is 2.41 bits per heavy atom. The van der Waals surface area contributed by atoms with Crippen LogP contribution in [0.4, 0.5) is 17.1 Å². The van der Waals surface area contributed by atoms with Crippen molar-refractivity contribution in [3.63, 3.8) is 0 Å². The van der Waals surface area contributed by atoms with E-state index in [0.29, 0.717) is 28.6 Å². The molecule has 2 aliphatic heterocycles. The lowest BCUT2D eigenvalue weighted by Gasteiger charge is -2.24. The van der Waals surface area contributed by atoms with Gasteiger partial charge < -0.3 is 10.6 Å². The van der Waals surface area contributed by atoms with Crippen LogP contribution >= 0.6 is 0 Å². The Bertz CT molecular complexity index is 1260. The fraction of sp³-hybridized carbons (Fsp3) is 0.222. The van der Waals surface area contributed by atoms with Gasteiger partial charge in [-0.15, -0.1) is 0 Å². The van der Waals surface area contributed by atoms with E-state index >= 15 is 0 Å². The Balaban J connectivity index is 1.54. The van der Waals surface area contributed by atoms with Crippen LogP contribution < -0.4 is 10.6 Å². The maximum absolute atomic E-state index is 13.0. The highest BCUT2D eigenvalue weighted by Gasteiger charge is 2.30. The number of likely N-dealkylation sites (tertiary alicyclic amines) is 1. The highest BCUT2D eigenvalue weighted by atomic mass is 16.6. The molecule has 0 bridgehead atoms. The normalized spacial score (nSPS) is 17.7. The molecule has 2 N–H and O–H groups in total. The summed E-state index contributed by atoms with van der Waals surface area (Å²) in [4.78, 5) is 26.4. The van der Waals surface area contributed by atoms with Crippen molar-refractivity contribution in [3.8, 4) is 0 Å². The van der Waals surface area contributed by atoms with Gasteiger partial charge in [-0.3, -0.25) is 19.8 Å². The number of hydrogen-bond donors (Lipinski definition) is 2. The first-order chi connectivity index (χ1) is 16.5. The predicted molar refractivity (Wildman–Crippen MR) is 134 cm³/mol. The number of amides is 1. The Hall–Kier alpha value is -3.97. The third-order valence-corrected chi connectivity index (χ3v) is 6.62. The molecule has 3 aromatic rings. The molecular weight excluding hydrogens is 428 g/mol. The van der Waals surface area contributed by atoms with Gasteiger partial charge in [0.15, 0.2) is 0 Å². The second kappa shape index (κ2) is 9.11. The van der Waals surface area contributed by atoms with Gasteiger partial charge in [-0.1, -0.05) is 42.5 Å². The maximum atomic E-state index is 13.0. The highest BCUT2D eigenvalue weighted by molar-refractivity contribution is 6.37. The number of nitro groups is 1. The zero-order valence-electron chi connectivity index (χ0n) is 19.0. The number of anilines is 2. The van der Waals surface area contributed by atoms with Crippen LogP contribution in [0.5, 0.6) is 0 Å². The van der Waals surface area contributed by atoms with Gasteiger partial charge in [-0.05, 0) is 62.2 Å². The summed E-state index contributed by atoms with van der Waals surface area (Å²) in [6.45, 7) is 4.50. The summed E-state index contributed by atoms with van der Waals surface area (Å²) in [5, 5.41) is 17.6. The van der Waals surface area contributed by atoms with Crippen LogP contribution in [0.3, 0.4) is 0 Å². The standard InChI is InChI=1S/C27H26N4O3/c1-18(30-15-5-6-16-30)19-9-11-21(12-10-19)28-26(20-7-3-2-4-8-20)25-23-17-22(31(33)34)13-14-24(23)29-27(25)32/h2-4,7-14,17-18,28H,5-6,15-16H2,1H3,(H,29,32). The van der Waals surface area contributed by atoms with Gasteiger partial charge >= 0.3 is 0 Å². The summed E-state index contributed by atoms with van der Waals surface area (Å²) in [7, 11) is 0. The molecule has 0 aromatic heterocycles. The average molecular weight is 455 g/mol. The number of nitrogens with one attached hydrogen (secondary N) is 2. The van der Waals surface area contributed by atoms with Gasteiger partial charge in [0, 0.05) is 35.1 Å². The third-order valence-electron chi connectivity index (χ3n) is 6.62. The monoisotopic (exact) mass is 454 g/mol. The van der Waals surface area contributed by atoms with Crippen molar-refractivity contribution >= 4 is 34.2 Å². The molecule has 0 aliphatic carbocycles. The minimum Gasteiger partial charge on any atom is -0.354 e. The molecule has 34 heavy (non-hydrogen) atoms. The number of non-ortho nitro benzene ring substituents is 1. The Morgan fingerprint density at radius 1 is 1.03 bits per heavy atom. The van der Waals surface area contributed by atoms with Gasteiger partial charge in [0.05, 0.1) is 16.2 Å². The Morgan fingerprint density at radius 2 is 1.74 bits per heavy atom. The average Bonchev–Trinajstić information content (AvgIpc) is 3.50. The molecule has 2 aliphatic rings. The summed E-state index contributed by atoms with van der Waals surface area (Å²) in [6, 6.07) is 22.6. The van der Waals surface area contributed by atoms with Crippen molar-refractivity contribution in [1.82, 2.24) is 4.90 Å². The van der Waals surface area contributed by atoms with E-state index in [1.54, 1.807) is 6.07 Å². The number of carbonyl (C=O) groups excluding carboxylic acids is 1. The fourth-order valence-electron chi connectivity index (χ4n) is 4.73. The molecular formula is C27H26N4O3. The number of nitro benzene ring substituents is 1. The van der Waals surface area contributed by atoms with Crippen molar-refractivity contribution in [2.45, 2.75) is 25.8 Å². The first-order valence-electron chi connectivity index (χ1n) is 11.5. The Kier molecular flexibility index (Phi) is 5.86. The van der Waals surface area contributed by atoms with E-state index in [2.05, 4.69) is 34.6 Å². The van der Waals surface area contributed by atoms with Gasteiger partial charge in [0.25, 0.3) is 11.6 Å². The summed E-state index contributed by atoms with van der Waals surface area (Å²) in [5.74, 6) is -0.291. The fourth-order valence-corrected chi connectivity index (χ4v) is 4.73. The second-order valence-electron chi connectivity index (χ2n) is 8.72. The van der Waals surface area contributed by atoms with Gasteiger partial charge in [-0.2, -0.15) is 0 Å². The number of rotatable bonds is 6. The van der Waals surface area contributed by atoms with Crippen LogP contribution in [-0.2, 0) is 4.79 Å². The van der Waals surface area contributed by atoms with Crippen LogP contribution in [0.25, 0.3) is 11.3 Å². The molecule has 0 spiro atoms. The highest BCUT2D eigenvalue weighted by Crippen LogP contribution is 2.39. The van der Waals surface area contributed by atoms with Crippen molar-refractivity contribution in [2.24, 2.45) is 0 Å². The summed E-state index contributed by atoms with van der Waals surface area (Å²) < 4.78 is 0. The molecule has 0 saturated carbocycles. The molecule has 172 valence electrons. The minimum atomic E-state index is -0.448. The van der Waals surface area contributed by atoms with Crippen LogP contribution in [-0.4, -0.2) is 28.8 Å². The number of fused-ring (bicyclic) bond motifs is 1. The molecule has 7 nitrogen and oxygen atoms in total. The molecule has 0 radical (unpaired) electrons. The first-order valence-corrected chi connectivity index (χ1v) is 11.5. The molecule has 7 heteroatoms. The zero-order valence-corrected chi connectivity index (χ0v) is 19.0. The first kappa shape index (κ1) is 21.9. The van der Waals surface area contributed by atoms with Crippen molar-refractivity contribution in [2.75, 3.05) is 23.7 Å². The van der Waals surface area contributed by atoms with Crippen LogP contribution in [0, 0.1) is 10.1 Å². The van der Waals surface area contributed by atoms with Gasteiger partial charge in [0.2, 0.25) is 0 Å². The predicted octanol–water partition coefficient (Wildman–Crippen LogP) is 5.68. The van der Waals surface area contributed by atoms with Crippen LogP contribution in [0.1, 0.15) is 42.5 Å².